The van der Waals surface area contributed by atoms with Crippen LogP contribution in [0.5, 0.6) is 5.75 Å². The van der Waals surface area contributed by atoms with Gasteiger partial charge in [0.05, 0.1) is 6.61 Å². The molecule has 1 aliphatic rings. The predicted octanol–water partition coefficient (Wildman–Crippen LogP) is 3.05. The molecule has 2 unspecified atom stereocenters. The van der Waals surface area contributed by atoms with Crippen LogP contribution in [-0.4, -0.2) is 29.4 Å². The molecule has 0 heterocycles. The highest BCUT2D eigenvalue weighted by molar-refractivity contribution is 5.26. The molecule has 20 heavy (non-hydrogen) atoms. The molecule has 1 fully saturated rings. The molecule has 2 N–H and O–H groups in total. The van der Waals surface area contributed by atoms with E-state index >= 15 is 0 Å². The Kier molecular flexibility index (Phi) is 5.06. The van der Waals surface area contributed by atoms with E-state index in [0.29, 0.717) is 6.04 Å². The van der Waals surface area contributed by atoms with E-state index in [2.05, 4.69) is 38.2 Å². The Morgan fingerprint density at radius 1 is 1.35 bits per heavy atom. The average molecular weight is 277 g/mol. The molecule has 0 saturated heterocycles. The SMILES string of the molecule is Cc1ccc(OC2CCCC(CO)(NC(C)C)C2)cc1. The minimum atomic E-state index is -0.179. The number of hydrogen-bond donors (Lipinski definition) is 2. The fraction of sp³-hybridized carbons (Fsp3) is 0.647. The molecular weight excluding hydrogens is 250 g/mol. The lowest BCUT2D eigenvalue weighted by atomic mass is 9.80. The first-order valence-corrected chi connectivity index (χ1v) is 7.65. The summed E-state index contributed by atoms with van der Waals surface area (Å²) in [6.45, 7) is 6.51. The molecule has 3 heteroatoms. The number of aliphatic hydroxyl groups is 1. The zero-order valence-corrected chi connectivity index (χ0v) is 12.9. The Morgan fingerprint density at radius 2 is 2.05 bits per heavy atom. The lowest BCUT2D eigenvalue weighted by Gasteiger charge is -2.41. The summed E-state index contributed by atoms with van der Waals surface area (Å²) >= 11 is 0. The third kappa shape index (κ3) is 3.97. The lowest BCUT2D eigenvalue weighted by Crippen LogP contribution is -2.55. The molecule has 1 aliphatic carbocycles. The summed E-state index contributed by atoms with van der Waals surface area (Å²) in [5.41, 5.74) is 1.06. The van der Waals surface area contributed by atoms with E-state index in [1.54, 1.807) is 0 Å². The number of ether oxygens (including phenoxy) is 1. The summed E-state index contributed by atoms with van der Waals surface area (Å²) in [7, 11) is 0. The Labute approximate surface area is 122 Å². The maximum Gasteiger partial charge on any atom is 0.119 e. The molecule has 1 aromatic rings. The van der Waals surface area contributed by atoms with Gasteiger partial charge >= 0.3 is 0 Å². The van der Waals surface area contributed by atoms with Gasteiger partial charge in [-0.05, 0) is 38.3 Å². The van der Waals surface area contributed by atoms with Crippen molar-refractivity contribution in [2.45, 2.75) is 64.1 Å². The van der Waals surface area contributed by atoms with Crippen LogP contribution in [0, 0.1) is 6.92 Å². The van der Waals surface area contributed by atoms with E-state index in [1.807, 2.05) is 12.1 Å². The average Bonchev–Trinajstić information content (AvgIpc) is 2.41. The molecule has 1 aromatic carbocycles. The van der Waals surface area contributed by atoms with E-state index in [9.17, 15) is 5.11 Å². The van der Waals surface area contributed by atoms with Gasteiger partial charge in [0.15, 0.2) is 0 Å². The van der Waals surface area contributed by atoms with Gasteiger partial charge in [-0.2, -0.15) is 0 Å². The van der Waals surface area contributed by atoms with Crippen LogP contribution in [0.25, 0.3) is 0 Å². The molecule has 0 aromatic heterocycles. The minimum absolute atomic E-state index is 0.179. The lowest BCUT2D eigenvalue weighted by molar-refractivity contribution is 0.0461. The van der Waals surface area contributed by atoms with Gasteiger partial charge < -0.3 is 15.2 Å². The molecule has 1 saturated carbocycles. The predicted molar refractivity (Wildman–Crippen MR) is 82.2 cm³/mol. The molecular formula is C17H27NO2. The molecule has 0 amide bonds. The fourth-order valence-corrected chi connectivity index (χ4v) is 3.15. The van der Waals surface area contributed by atoms with Crippen molar-refractivity contribution in [3.05, 3.63) is 29.8 Å². The number of benzene rings is 1. The van der Waals surface area contributed by atoms with Crippen LogP contribution >= 0.6 is 0 Å². The van der Waals surface area contributed by atoms with Gasteiger partial charge in [-0.3, -0.25) is 0 Å². The largest absolute Gasteiger partial charge is 0.490 e. The highest BCUT2D eigenvalue weighted by Crippen LogP contribution is 2.31. The second-order valence-electron chi connectivity index (χ2n) is 6.39. The van der Waals surface area contributed by atoms with Crippen molar-refractivity contribution in [2.75, 3.05) is 6.61 Å². The molecule has 112 valence electrons. The summed E-state index contributed by atoms with van der Waals surface area (Å²) < 4.78 is 6.10. The summed E-state index contributed by atoms with van der Waals surface area (Å²) in [6.07, 6.45) is 4.24. The van der Waals surface area contributed by atoms with Gasteiger partial charge in [-0.1, -0.05) is 31.5 Å². The summed E-state index contributed by atoms with van der Waals surface area (Å²) in [5.74, 6) is 0.930. The maximum atomic E-state index is 9.79. The van der Waals surface area contributed by atoms with Crippen molar-refractivity contribution in [3.63, 3.8) is 0 Å². The van der Waals surface area contributed by atoms with Crippen molar-refractivity contribution in [1.82, 2.24) is 5.32 Å². The molecule has 2 rings (SSSR count). The van der Waals surface area contributed by atoms with Crippen LogP contribution in [0.4, 0.5) is 0 Å². The zero-order valence-electron chi connectivity index (χ0n) is 12.9. The van der Waals surface area contributed by atoms with Crippen LogP contribution in [0.15, 0.2) is 24.3 Å². The quantitative estimate of drug-likeness (QED) is 0.869. The van der Waals surface area contributed by atoms with Crippen molar-refractivity contribution < 1.29 is 9.84 Å². The van der Waals surface area contributed by atoms with Gasteiger partial charge in [0.25, 0.3) is 0 Å². The minimum Gasteiger partial charge on any atom is -0.490 e. The van der Waals surface area contributed by atoms with E-state index < -0.39 is 0 Å². The first kappa shape index (κ1) is 15.3. The van der Waals surface area contributed by atoms with E-state index in [4.69, 9.17) is 4.74 Å². The van der Waals surface area contributed by atoms with Gasteiger partial charge in [-0.15, -0.1) is 0 Å². The Bertz CT molecular complexity index is 416. The Hall–Kier alpha value is -1.06. The van der Waals surface area contributed by atoms with Crippen LogP contribution in [0.2, 0.25) is 0 Å². The van der Waals surface area contributed by atoms with Gasteiger partial charge in [0.2, 0.25) is 0 Å². The van der Waals surface area contributed by atoms with Crippen LogP contribution in [0.3, 0.4) is 0 Å². The molecule has 2 atom stereocenters. The highest BCUT2D eigenvalue weighted by atomic mass is 16.5. The number of rotatable bonds is 5. The van der Waals surface area contributed by atoms with Crippen molar-refractivity contribution in [2.24, 2.45) is 0 Å². The van der Waals surface area contributed by atoms with Crippen molar-refractivity contribution in [3.8, 4) is 5.75 Å². The topological polar surface area (TPSA) is 41.5 Å². The second-order valence-corrected chi connectivity index (χ2v) is 6.39. The van der Waals surface area contributed by atoms with Gasteiger partial charge in [-0.25, -0.2) is 0 Å². The van der Waals surface area contributed by atoms with E-state index in [1.165, 1.54) is 5.56 Å². The second kappa shape index (κ2) is 6.59. The molecule has 0 aliphatic heterocycles. The summed E-state index contributed by atoms with van der Waals surface area (Å²) in [5, 5.41) is 13.3. The third-order valence-electron chi connectivity index (χ3n) is 4.02. The number of hydrogen-bond acceptors (Lipinski definition) is 3. The van der Waals surface area contributed by atoms with E-state index in [-0.39, 0.29) is 18.2 Å². The third-order valence-corrected chi connectivity index (χ3v) is 4.02. The standard InChI is InChI=1S/C17H27NO2/c1-13(2)18-17(12-19)10-4-5-16(11-17)20-15-8-6-14(3)7-9-15/h6-9,13,16,18-19H,4-5,10-12H2,1-3H3. The fourth-order valence-electron chi connectivity index (χ4n) is 3.15. The summed E-state index contributed by atoms with van der Waals surface area (Å²) in [4.78, 5) is 0. The Morgan fingerprint density at radius 3 is 2.65 bits per heavy atom. The molecule has 3 nitrogen and oxygen atoms in total. The maximum absolute atomic E-state index is 9.79. The van der Waals surface area contributed by atoms with Crippen LogP contribution in [0.1, 0.15) is 45.1 Å². The normalized spacial score (nSPS) is 26.8. The molecule has 0 bridgehead atoms. The van der Waals surface area contributed by atoms with Crippen molar-refractivity contribution in [1.29, 1.82) is 0 Å². The number of nitrogens with one attached hydrogen (secondary N) is 1. The monoisotopic (exact) mass is 277 g/mol. The van der Waals surface area contributed by atoms with E-state index in [0.717, 1.165) is 31.4 Å². The van der Waals surface area contributed by atoms with Crippen LogP contribution in [-0.2, 0) is 0 Å². The van der Waals surface area contributed by atoms with Crippen LogP contribution < -0.4 is 10.1 Å². The molecule has 0 radical (unpaired) electrons. The molecule has 0 spiro atoms. The number of aliphatic hydroxyl groups excluding tert-OH is 1. The Balaban J connectivity index is 2.00. The summed E-state index contributed by atoms with van der Waals surface area (Å²) in [6, 6.07) is 8.58. The first-order chi connectivity index (χ1) is 9.53. The zero-order chi connectivity index (χ0) is 14.6. The smallest absolute Gasteiger partial charge is 0.119 e. The van der Waals surface area contributed by atoms with Gasteiger partial charge in [0, 0.05) is 18.0 Å². The first-order valence-electron chi connectivity index (χ1n) is 7.65. The van der Waals surface area contributed by atoms with Gasteiger partial charge in [0.1, 0.15) is 11.9 Å². The van der Waals surface area contributed by atoms with Crippen molar-refractivity contribution >= 4 is 0 Å². The number of aryl methyl sites for hydroxylation is 1. The highest BCUT2D eigenvalue weighted by Gasteiger charge is 2.37.